The van der Waals surface area contributed by atoms with Gasteiger partial charge in [0.2, 0.25) is 11.9 Å². The number of nitrogens with zero attached hydrogens (tertiary/aromatic N) is 2. The lowest BCUT2D eigenvalue weighted by atomic mass is 9.94. The Labute approximate surface area is 170 Å². The Hall–Kier alpha value is -3.17. The highest BCUT2D eigenvalue weighted by Gasteiger charge is 2.35. The Morgan fingerprint density at radius 1 is 1.13 bits per heavy atom. The predicted octanol–water partition coefficient (Wildman–Crippen LogP) is 5.06. The number of hydrogen-bond acceptors (Lipinski definition) is 5. The first kappa shape index (κ1) is 21.5. The highest BCUT2D eigenvalue weighted by Crippen LogP contribution is 2.36. The van der Waals surface area contributed by atoms with Crippen molar-refractivity contribution < 1.29 is 22.4 Å². The lowest BCUT2D eigenvalue weighted by Crippen LogP contribution is -2.27. The largest absolute Gasteiger partial charge is 0.421 e. The minimum atomic E-state index is -4.69. The van der Waals surface area contributed by atoms with Crippen molar-refractivity contribution in [3.63, 3.8) is 0 Å². The van der Waals surface area contributed by atoms with Gasteiger partial charge in [0, 0.05) is 12.2 Å². The lowest BCUT2D eigenvalue weighted by molar-refractivity contribution is -0.137. The summed E-state index contributed by atoms with van der Waals surface area (Å²) in [5.41, 5.74) is -0.559. The number of nitrogens with one attached hydrogen (secondary N) is 3. The van der Waals surface area contributed by atoms with Crippen LogP contribution in [0.5, 0.6) is 0 Å². The number of hydrogen-bond donors (Lipinski definition) is 3. The summed E-state index contributed by atoms with van der Waals surface area (Å²) in [6, 6.07) is 6.17. The van der Waals surface area contributed by atoms with Crippen LogP contribution in [0.1, 0.15) is 31.2 Å². The van der Waals surface area contributed by atoms with E-state index >= 15 is 0 Å². The molecule has 0 unspecified atom stereocenters. The fourth-order valence-electron chi connectivity index (χ4n) is 3.15. The zero-order valence-electron chi connectivity index (χ0n) is 16.0. The van der Waals surface area contributed by atoms with Crippen LogP contribution in [0.15, 0.2) is 43.1 Å². The second-order valence-corrected chi connectivity index (χ2v) is 6.91. The van der Waals surface area contributed by atoms with Crippen LogP contribution in [0.4, 0.5) is 40.7 Å². The van der Waals surface area contributed by atoms with Crippen LogP contribution in [0.3, 0.4) is 0 Å². The van der Waals surface area contributed by atoms with E-state index in [1.54, 1.807) is 12.1 Å². The first-order valence-electron chi connectivity index (χ1n) is 9.40. The van der Waals surface area contributed by atoms with E-state index in [9.17, 15) is 22.4 Å². The van der Waals surface area contributed by atoms with Crippen LogP contribution >= 0.6 is 0 Å². The molecule has 1 aromatic carbocycles. The maximum atomic E-state index is 13.5. The van der Waals surface area contributed by atoms with Crippen molar-refractivity contribution in [1.29, 1.82) is 0 Å². The van der Waals surface area contributed by atoms with Gasteiger partial charge in [0.15, 0.2) is 0 Å². The van der Waals surface area contributed by atoms with Gasteiger partial charge in [-0.25, -0.2) is 9.37 Å². The Morgan fingerprint density at radius 2 is 1.80 bits per heavy atom. The van der Waals surface area contributed by atoms with Crippen molar-refractivity contribution in [2.75, 3.05) is 16.0 Å². The number of benzene rings is 1. The molecule has 30 heavy (non-hydrogen) atoms. The first-order valence-corrected chi connectivity index (χ1v) is 9.40. The third kappa shape index (κ3) is 5.46. The van der Waals surface area contributed by atoms with Crippen LogP contribution in [0, 0.1) is 0 Å². The first-order chi connectivity index (χ1) is 14.3. The van der Waals surface area contributed by atoms with Crippen LogP contribution in [0.2, 0.25) is 0 Å². The Balaban J connectivity index is 1.88. The number of para-hydroxylation sites is 2. The average molecular weight is 423 g/mol. The van der Waals surface area contributed by atoms with Gasteiger partial charge in [0.25, 0.3) is 0 Å². The van der Waals surface area contributed by atoms with Crippen molar-refractivity contribution in [3.05, 3.63) is 48.7 Å². The number of anilines is 4. The minimum absolute atomic E-state index is 0.0143. The molecule has 1 heterocycles. The summed E-state index contributed by atoms with van der Waals surface area (Å²) in [7, 11) is 0. The molecule has 6 nitrogen and oxygen atoms in total. The van der Waals surface area contributed by atoms with Crippen molar-refractivity contribution in [3.8, 4) is 0 Å². The van der Waals surface area contributed by atoms with E-state index in [0.717, 1.165) is 6.08 Å². The molecule has 2 aromatic rings. The van der Waals surface area contributed by atoms with E-state index in [2.05, 4.69) is 32.5 Å². The van der Waals surface area contributed by atoms with Gasteiger partial charge in [-0.15, -0.1) is 0 Å². The molecule has 160 valence electrons. The van der Waals surface area contributed by atoms with Gasteiger partial charge in [-0.3, -0.25) is 4.79 Å². The quantitative estimate of drug-likeness (QED) is 0.447. The number of rotatable bonds is 6. The maximum absolute atomic E-state index is 13.5. The fourth-order valence-corrected chi connectivity index (χ4v) is 3.15. The van der Waals surface area contributed by atoms with Gasteiger partial charge >= 0.3 is 6.18 Å². The summed E-state index contributed by atoms with van der Waals surface area (Å²) in [5, 5.41) is 8.15. The standard InChI is InChI=1S/C20H21F4N5O/c1-2-17(30)27-15-5-3-4-6-16(15)28-18-14(20(22,23)24)11-25-19(29-18)26-13-9-7-12(21)8-10-13/h2-6,11-13H,1,7-10H2,(H,27,30)(H2,25,26,28,29)/t12-,13-. The predicted molar refractivity (Wildman–Crippen MR) is 106 cm³/mol. The number of aromatic nitrogens is 2. The van der Waals surface area contributed by atoms with Crippen molar-refractivity contribution >= 4 is 29.0 Å². The lowest BCUT2D eigenvalue weighted by Gasteiger charge is -2.25. The second kappa shape index (κ2) is 9.10. The number of carbonyl (C=O) groups excluding carboxylic acids is 1. The molecule has 0 atom stereocenters. The number of alkyl halides is 4. The zero-order chi connectivity index (χ0) is 21.7. The summed E-state index contributed by atoms with van der Waals surface area (Å²) in [5.74, 6) is -0.950. The Bertz CT molecular complexity index is 910. The van der Waals surface area contributed by atoms with E-state index in [-0.39, 0.29) is 23.4 Å². The summed E-state index contributed by atoms with van der Waals surface area (Å²) >= 11 is 0. The van der Waals surface area contributed by atoms with Crippen LogP contribution in [-0.2, 0) is 11.0 Å². The molecule has 10 heteroatoms. The maximum Gasteiger partial charge on any atom is 0.421 e. The third-order valence-electron chi connectivity index (χ3n) is 4.71. The van der Waals surface area contributed by atoms with Crippen molar-refractivity contribution in [1.82, 2.24) is 9.97 Å². The molecule has 1 aliphatic rings. The molecule has 0 saturated heterocycles. The van der Waals surface area contributed by atoms with E-state index in [0.29, 0.717) is 31.9 Å². The molecule has 0 aliphatic heterocycles. The number of amides is 1. The second-order valence-electron chi connectivity index (χ2n) is 6.91. The van der Waals surface area contributed by atoms with Gasteiger partial charge in [0.05, 0.1) is 11.4 Å². The summed E-state index contributed by atoms with van der Waals surface area (Å²) < 4.78 is 53.8. The summed E-state index contributed by atoms with van der Waals surface area (Å²) in [4.78, 5) is 19.4. The van der Waals surface area contributed by atoms with E-state index in [1.807, 2.05) is 0 Å². The van der Waals surface area contributed by atoms with Gasteiger partial charge < -0.3 is 16.0 Å². The molecule has 1 aliphatic carbocycles. The smallest absolute Gasteiger partial charge is 0.351 e. The molecular weight excluding hydrogens is 402 g/mol. The molecule has 1 aromatic heterocycles. The summed E-state index contributed by atoms with van der Waals surface area (Å²) in [6.07, 6.45) is -1.92. The van der Waals surface area contributed by atoms with Gasteiger partial charge in [-0.05, 0) is 43.9 Å². The molecule has 3 N–H and O–H groups in total. The van der Waals surface area contributed by atoms with E-state index in [4.69, 9.17) is 0 Å². The Kier molecular flexibility index (Phi) is 6.53. The van der Waals surface area contributed by atoms with Crippen LogP contribution < -0.4 is 16.0 Å². The molecular formula is C20H21F4N5O. The SMILES string of the molecule is C=CC(=O)Nc1ccccc1Nc1nc(N[C@H]2CC[C@H](F)CC2)ncc1C(F)(F)F. The van der Waals surface area contributed by atoms with Crippen LogP contribution in [0.25, 0.3) is 0 Å². The molecule has 0 bridgehead atoms. The van der Waals surface area contributed by atoms with E-state index < -0.39 is 29.6 Å². The van der Waals surface area contributed by atoms with Crippen LogP contribution in [-0.4, -0.2) is 28.1 Å². The molecule has 0 spiro atoms. The fraction of sp³-hybridized carbons (Fsp3) is 0.350. The highest BCUT2D eigenvalue weighted by atomic mass is 19.4. The topological polar surface area (TPSA) is 78.9 Å². The third-order valence-corrected chi connectivity index (χ3v) is 4.71. The van der Waals surface area contributed by atoms with Crippen molar-refractivity contribution in [2.24, 2.45) is 0 Å². The minimum Gasteiger partial charge on any atom is -0.351 e. The zero-order valence-corrected chi connectivity index (χ0v) is 16.0. The molecule has 0 radical (unpaired) electrons. The number of halogens is 4. The molecule has 1 fully saturated rings. The van der Waals surface area contributed by atoms with E-state index in [1.165, 1.54) is 12.1 Å². The molecule has 1 amide bonds. The molecule has 3 rings (SSSR count). The van der Waals surface area contributed by atoms with Gasteiger partial charge in [-0.2, -0.15) is 18.2 Å². The Morgan fingerprint density at radius 3 is 2.43 bits per heavy atom. The number of carbonyl (C=O) groups is 1. The molecule has 1 saturated carbocycles. The van der Waals surface area contributed by atoms with Gasteiger partial charge in [-0.1, -0.05) is 18.7 Å². The summed E-state index contributed by atoms with van der Waals surface area (Å²) in [6.45, 7) is 3.35. The average Bonchev–Trinajstić information content (AvgIpc) is 2.70. The van der Waals surface area contributed by atoms with Gasteiger partial charge in [0.1, 0.15) is 17.6 Å². The normalized spacial score (nSPS) is 19.1. The monoisotopic (exact) mass is 423 g/mol. The van der Waals surface area contributed by atoms with Crippen molar-refractivity contribution in [2.45, 2.75) is 44.1 Å². The highest BCUT2D eigenvalue weighted by molar-refractivity contribution is 6.01.